The lowest BCUT2D eigenvalue weighted by Gasteiger charge is -2.31. The van der Waals surface area contributed by atoms with E-state index < -0.39 is 15.4 Å². The van der Waals surface area contributed by atoms with Crippen molar-refractivity contribution in [1.29, 1.82) is 0 Å². The fourth-order valence-corrected chi connectivity index (χ4v) is 5.49. The molecule has 23 heavy (non-hydrogen) atoms. The number of carbonyl (C=O) groups excluding carboxylic acids is 1. The minimum atomic E-state index is -3.67. The second kappa shape index (κ2) is 5.99. The van der Waals surface area contributed by atoms with E-state index in [1.807, 2.05) is 0 Å². The summed E-state index contributed by atoms with van der Waals surface area (Å²) in [6.45, 7) is 0. The normalized spacial score (nSPS) is 19.8. The summed E-state index contributed by atoms with van der Waals surface area (Å²) in [6.07, 6.45) is 0. The van der Waals surface area contributed by atoms with Crippen molar-refractivity contribution in [2.45, 2.75) is 15.2 Å². The van der Waals surface area contributed by atoms with Gasteiger partial charge in [0.2, 0.25) is 10.0 Å². The summed E-state index contributed by atoms with van der Waals surface area (Å²) in [4.78, 5) is 13.6. The summed E-state index contributed by atoms with van der Waals surface area (Å²) in [5.74, 6) is 0.391. The molecule has 0 saturated carbocycles. The van der Waals surface area contributed by atoms with Crippen molar-refractivity contribution in [2.24, 2.45) is 0 Å². The van der Waals surface area contributed by atoms with Crippen LogP contribution in [0.25, 0.3) is 0 Å². The number of likely N-dealkylation sites (N-methyl/N-ethyl adjacent to an activating group) is 1. The Hall–Kier alpha value is -1.83. The van der Waals surface area contributed by atoms with Gasteiger partial charge in [0.25, 0.3) is 0 Å². The average molecular weight is 349 g/mol. The number of ether oxygens (including phenoxy) is 1. The van der Waals surface area contributed by atoms with Crippen LogP contribution in [0.4, 0.5) is 0 Å². The number of thioether (sulfide) groups is 1. The molecule has 120 valence electrons. The number of ketones is 1. The summed E-state index contributed by atoms with van der Waals surface area (Å²) in [5.41, 5.74) is 0.449. The summed E-state index contributed by atoms with van der Waals surface area (Å²) < 4.78 is 31.4. The number of nitrogens with zero attached hydrogens (tertiary/aromatic N) is 1. The highest BCUT2D eigenvalue weighted by Gasteiger charge is 2.40. The topological polar surface area (TPSA) is 63.7 Å². The van der Waals surface area contributed by atoms with Gasteiger partial charge in [0.15, 0.2) is 5.78 Å². The van der Waals surface area contributed by atoms with E-state index in [9.17, 15) is 13.2 Å². The molecule has 0 radical (unpaired) electrons. The van der Waals surface area contributed by atoms with Crippen LogP contribution in [-0.2, 0) is 10.0 Å². The van der Waals surface area contributed by atoms with Crippen molar-refractivity contribution >= 4 is 27.6 Å². The minimum absolute atomic E-state index is 0.242. The van der Waals surface area contributed by atoms with Gasteiger partial charge < -0.3 is 4.74 Å². The molecule has 1 atom stereocenters. The standard InChI is InChI=1S/C16H15NO4S2/c1-17-16(15(18)11-7-9-12(21-2)10-8-11)22-13-5-3-4-6-14(13)23(17,19)20/h3-10,16H,1-2H3. The van der Waals surface area contributed by atoms with Gasteiger partial charge in [-0.3, -0.25) is 4.79 Å². The first-order valence-corrected chi connectivity index (χ1v) is 9.19. The molecule has 3 rings (SSSR count). The number of hydrogen-bond acceptors (Lipinski definition) is 5. The van der Waals surface area contributed by atoms with Crippen LogP contribution in [0, 0.1) is 0 Å². The number of Topliss-reactive ketones (excluding diaryl/α,β-unsaturated/α-hetero) is 1. The smallest absolute Gasteiger partial charge is 0.245 e. The zero-order valence-electron chi connectivity index (χ0n) is 12.6. The maximum absolute atomic E-state index is 12.7. The number of benzene rings is 2. The number of rotatable bonds is 3. The molecule has 5 nitrogen and oxygen atoms in total. The highest BCUT2D eigenvalue weighted by Crippen LogP contribution is 2.40. The first-order chi connectivity index (χ1) is 10.9. The number of carbonyl (C=O) groups is 1. The molecule has 7 heteroatoms. The van der Waals surface area contributed by atoms with E-state index in [0.29, 0.717) is 16.2 Å². The average Bonchev–Trinajstić information content (AvgIpc) is 2.58. The van der Waals surface area contributed by atoms with E-state index in [0.717, 1.165) is 4.31 Å². The van der Waals surface area contributed by atoms with Gasteiger partial charge in [0.1, 0.15) is 11.1 Å². The predicted molar refractivity (Wildman–Crippen MR) is 88.4 cm³/mol. The van der Waals surface area contributed by atoms with Crippen LogP contribution in [0.15, 0.2) is 58.3 Å². The Morgan fingerprint density at radius 2 is 1.78 bits per heavy atom. The number of hydrogen-bond donors (Lipinski definition) is 0. The quantitative estimate of drug-likeness (QED) is 0.797. The first-order valence-electron chi connectivity index (χ1n) is 6.87. The van der Waals surface area contributed by atoms with E-state index in [2.05, 4.69) is 0 Å². The van der Waals surface area contributed by atoms with Crippen molar-refractivity contribution < 1.29 is 17.9 Å². The van der Waals surface area contributed by atoms with Gasteiger partial charge >= 0.3 is 0 Å². The fraction of sp³-hybridized carbons (Fsp3) is 0.188. The second-order valence-corrected chi connectivity index (χ2v) is 8.12. The fourth-order valence-electron chi connectivity index (χ4n) is 2.35. The molecule has 1 unspecified atom stereocenters. The Morgan fingerprint density at radius 3 is 2.43 bits per heavy atom. The monoisotopic (exact) mass is 349 g/mol. The number of methoxy groups -OCH3 is 1. The number of fused-ring (bicyclic) bond motifs is 1. The maximum Gasteiger partial charge on any atom is 0.245 e. The van der Waals surface area contributed by atoms with Crippen LogP contribution >= 0.6 is 11.8 Å². The zero-order chi connectivity index (χ0) is 16.6. The third kappa shape index (κ3) is 2.75. The van der Waals surface area contributed by atoms with Crippen LogP contribution in [0.1, 0.15) is 10.4 Å². The Labute approximate surface area is 139 Å². The van der Waals surface area contributed by atoms with Crippen molar-refractivity contribution in [3.8, 4) is 5.75 Å². The molecule has 1 heterocycles. The van der Waals surface area contributed by atoms with Gasteiger partial charge in [-0.1, -0.05) is 23.9 Å². The van der Waals surface area contributed by atoms with Gasteiger partial charge in [-0.05, 0) is 36.4 Å². The van der Waals surface area contributed by atoms with E-state index in [-0.39, 0.29) is 10.7 Å². The lowest BCUT2D eigenvalue weighted by molar-refractivity contribution is 0.0955. The molecular formula is C16H15NO4S2. The van der Waals surface area contributed by atoms with Gasteiger partial charge in [0.05, 0.1) is 12.0 Å². The third-order valence-corrected chi connectivity index (χ3v) is 7.18. The van der Waals surface area contributed by atoms with E-state index >= 15 is 0 Å². The largest absolute Gasteiger partial charge is 0.497 e. The van der Waals surface area contributed by atoms with Crippen LogP contribution < -0.4 is 4.74 Å². The predicted octanol–water partition coefficient (Wildman–Crippen LogP) is 2.63. The molecule has 0 bridgehead atoms. The molecule has 1 aliphatic heterocycles. The Bertz CT molecular complexity index is 847. The molecule has 1 aliphatic rings. The van der Waals surface area contributed by atoms with Crippen molar-refractivity contribution in [1.82, 2.24) is 4.31 Å². The lowest BCUT2D eigenvalue weighted by atomic mass is 10.1. The molecule has 2 aromatic carbocycles. The number of sulfonamides is 1. The molecule has 0 aromatic heterocycles. The molecule has 0 amide bonds. The summed E-state index contributed by atoms with van der Waals surface area (Å²) in [7, 11) is -0.687. The summed E-state index contributed by atoms with van der Waals surface area (Å²) >= 11 is 1.25. The van der Waals surface area contributed by atoms with E-state index in [1.54, 1.807) is 55.6 Å². The summed E-state index contributed by atoms with van der Waals surface area (Å²) in [5, 5.41) is -0.816. The Morgan fingerprint density at radius 1 is 1.13 bits per heavy atom. The molecule has 2 aromatic rings. The van der Waals surface area contributed by atoms with Gasteiger partial charge in [-0.25, -0.2) is 8.42 Å². The molecular weight excluding hydrogens is 334 g/mol. The lowest BCUT2D eigenvalue weighted by Crippen LogP contribution is -2.42. The second-order valence-electron chi connectivity index (χ2n) is 5.03. The Balaban J connectivity index is 1.98. The van der Waals surface area contributed by atoms with Crippen molar-refractivity contribution in [3.05, 3.63) is 54.1 Å². The van der Waals surface area contributed by atoms with Crippen molar-refractivity contribution in [3.63, 3.8) is 0 Å². The van der Waals surface area contributed by atoms with Crippen LogP contribution in [0.2, 0.25) is 0 Å². The SMILES string of the molecule is COc1ccc(C(=O)C2Sc3ccccc3S(=O)(=O)N2C)cc1. The molecule has 0 aliphatic carbocycles. The van der Waals surface area contributed by atoms with E-state index in [4.69, 9.17) is 4.74 Å². The molecule has 0 spiro atoms. The molecule has 0 N–H and O–H groups in total. The van der Waals surface area contributed by atoms with Crippen molar-refractivity contribution in [2.75, 3.05) is 14.2 Å². The zero-order valence-corrected chi connectivity index (χ0v) is 14.2. The molecule has 0 saturated heterocycles. The van der Waals surface area contributed by atoms with Gasteiger partial charge in [-0.2, -0.15) is 4.31 Å². The van der Waals surface area contributed by atoms with Crippen LogP contribution in [0.5, 0.6) is 5.75 Å². The van der Waals surface area contributed by atoms with Gasteiger partial charge in [0, 0.05) is 17.5 Å². The van der Waals surface area contributed by atoms with Crippen LogP contribution in [-0.4, -0.2) is 38.0 Å². The highest BCUT2D eigenvalue weighted by atomic mass is 32.2. The Kier molecular flexibility index (Phi) is 4.18. The van der Waals surface area contributed by atoms with Crippen LogP contribution in [0.3, 0.4) is 0 Å². The summed E-state index contributed by atoms with van der Waals surface area (Å²) in [6, 6.07) is 13.4. The first kappa shape index (κ1) is 16.0. The third-order valence-electron chi connectivity index (χ3n) is 3.67. The maximum atomic E-state index is 12.7. The molecule has 0 fully saturated rings. The van der Waals surface area contributed by atoms with E-state index in [1.165, 1.54) is 18.8 Å². The van der Waals surface area contributed by atoms with Gasteiger partial charge in [-0.15, -0.1) is 0 Å². The highest BCUT2D eigenvalue weighted by molar-refractivity contribution is 8.03. The minimum Gasteiger partial charge on any atom is -0.497 e.